The number of nitrogens with two attached hydrogens (primary N) is 1. The number of hydrogen-bond acceptors (Lipinski definition) is 3. The lowest BCUT2D eigenvalue weighted by atomic mass is 10.1. The third kappa shape index (κ3) is 4.36. The highest BCUT2D eigenvalue weighted by molar-refractivity contribution is 5.28. The van der Waals surface area contributed by atoms with Crippen molar-refractivity contribution < 1.29 is 4.74 Å². The fourth-order valence-electron chi connectivity index (χ4n) is 2.12. The lowest BCUT2D eigenvalue weighted by Crippen LogP contribution is -2.32. The van der Waals surface area contributed by atoms with Gasteiger partial charge in [0.05, 0.1) is 7.11 Å². The van der Waals surface area contributed by atoms with Gasteiger partial charge in [0.1, 0.15) is 5.75 Å². The minimum absolute atomic E-state index is 0.561. The molecule has 0 saturated heterocycles. The average molecular weight is 236 g/mol. The molecule has 0 amide bonds. The summed E-state index contributed by atoms with van der Waals surface area (Å²) in [5.41, 5.74) is 6.92. The number of ether oxygens (including phenoxy) is 1. The normalized spacial score (nSPS) is 12.8. The Morgan fingerprint density at radius 3 is 2.76 bits per heavy atom. The molecule has 0 spiro atoms. The molecule has 0 saturated carbocycles. The fraction of sp³-hybridized carbons (Fsp3) is 0.571. The maximum absolute atomic E-state index is 5.64. The first-order valence-electron chi connectivity index (χ1n) is 6.24. The molecular formula is C14H24N2O. The molecule has 0 bridgehead atoms. The molecule has 2 N–H and O–H groups in total. The summed E-state index contributed by atoms with van der Waals surface area (Å²) in [7, 11) is 3.86. The highest BCUT2D eigenvalue weighted by Crippen LogP contribution is 2.16. The van der Waals surface area contributed by atoms with Crippen LogP contribution in [0.5, 0.6) is 5.75 Å². The summed E-state index contributed by atoms with van der Waals surface area (Å²) in [6.07, 6.45) is 2.19. The number of rotatable bonds is 7. The van der Waals surface area contributed by atoms with Crippen molar-refractivity contribution in [3.63, 3.8) is 0 Å². The zero-order valence-electron chi connectivity index (χ0n) is 11.1. The van der Waals surface area contributed by atoms with Crippen LogP contribution in [-0.4, -0.2) is 31.6 Å². The Kier molecular flexibility index (Phi) is 6.01. The molecule has 0 aliphatic carbocycles. The highest BCUT2D eigenvalue weighted by atomic mass is 16.5. The Labute approximate surface area is 105 Å². The minimum Gasteiger partial charge on any atom is -0.497 e. The van der Waals surface area contributed by atoms with Crippen molar-refractivity contribution in [1.82, 2.24) is 4.90 Å². The SMILES string of the molecule is CCC(CCN)N(C)Cc1cccc(OC)c1. The van der Waals surface area contributed by atoms with E-state index in [9.17, 15) is 0 Å². The molecule has 1 aromatic rings. The largest absolute Gasteiger partial charge is 0.497 e. The topological polar surface area (TPSA) is 38.5 Å². The maximum atomic E-state index is 5.64. The van der Waals surface area contributed by atoms with Gasteiger partial charge in [-0.15, -0.1) is 0 Å². The van der Waals surface area contributed by atoms with Gasteiger partial charge in [-0.05, 0) is 44.1 Å². The van der Waals surface area contributed by atoms with Crippen LogP contribution in [0.4, 0.5) is 0 Å². The Morgan fingerprint density at radius 2 is 2.18 bits per heavy atom. The van der Waals surface area contributed by atoms with E-state index in [4.69, 9.17) is 10.5 Å². The second kappa shape index (κ2) is 7.30. The molecular weight excluding hydrogens is 212 g/mol. The number of benzene rings is 1. The zero-order valence-corrected chi connectivity index (χ0v) is 11.1. The summed E-state index contributed by atoms with van der Waals surface area (Å²) >= 11 is 0. The van der Waals surface area contributed by atoms with Gasteiger partial charge in [0, 0.05) is 12.6 Å². The Bertz CT molecular complexity index is 328. The standard InChI is InChI=1S/C14H24N2O/c1-4-13(8-9-15)16(2)11-12-6-5-7-14(10-12)17-3/h5-7,10,13H,4,8-9,11,15H2,1-3H3. The Balaban J connectivity index is 2.62. The van der Waals surface area contributed by atoms with Crippen LogP contribution < -0.4 is 10.5 Å². The quantitative estimate of drug-likeness (QED) is 0.789. The predicted octanol–water partition coefficient (Wildman–Crippen LogP) is 2.25. The van der Waals surface area contributed by atoms with Crippen LogP contribution in [-0.2, 0) is 6.54 Å². The van der Waals surface area contributed by atoms with Crippen LogP contribution in [0, 0.1) is 0 Å². The molecule has 1 atom stereocenters. The number of methoxy groups -OCH3 is 1. The minimum atomic E-state index is 0.561. The van der Waals surface area contributed by atoms with E-state index < -0.39 is 0 Å². The molecule has 0 radical (unpaired) electrons. The van der Waals surface area contributed by atoms with Gasteiger partial charge >= 0.3 is 0 Å². The lowest BCUT2D eigenvalue weighted by Gasteiger charge is -2.26. The van der Waals surface area contributed by atoms with Gasteiger partial charge in [0.15, 0.2) is 0 Å². The van der Waals surface area contributed by atoms with Gasteiger partial charge in [0.25, 0.3) is 0 Å². The van der Waals surface area contributed by atoms with Crippen LogP contribution in [0.2, 0.25) is 0 Å². The Hall–Kier alpha value is -1.06. The molecule has 0 fully saturated rings. The molecule has 1 rings (SSSR count). The summed E-state index contributed by atoms with van der Waals surface area (Å²) in [6.45, 7) is 3.90. The third-order valence-electron chi connectivity index (χ3n) is 3.16. The van der Waals surface area contributed by atoms with Crippen molar-refractivity contribution in [2.24, 2.45) is 5.73 Å². The zero-order chi connectivity index (χ0) is 12.7. The molecule has 96 valence electrons. The molecule has 1 unspecified atom stereocenters. The first kappa shape index (κ1) is 14.0. The van der Waals surface area contributed by atoms with E-state index in [0.29, 0.717) is 6.04 Å². The Morgan fingerprint density at radius 1 is 1.41 bits per heavy atom. The molecule has 0 aromatic heterocycles. The third-order valence-corrected chi connectivity index (χ3v) is 3.16. The second-order valence-corrected chi connectivity index (χ2v) is 4.41. The number of hydrogen-bond donors (Lipinski definition) is 1. The van der Waals surface area contributed by atoms with E-state index in [1.165, 1.54) is 5.56 Å². The molecule has 0 aliphatic rings. The van der Waals surface area contributed by atoms with Gasteiger partial charge in [-0.1, -0.05) is 19.1 Å². The summed E-state index contributed by atoms with van der Waals surface area (Å²) in [6, 6.07) is 8.79. The second-order valence-electron chi connectivity index (χ2n) is 4.41. The summed E-state index contributed by atoms with van der Waals surface area (Å²) in [4.78, 5) is 2.36. The van der Waals surface area contributed by atoms with Crippen LogP contribution >= 0.6 is 0 Å². The smallest absolute Gasteiger partial charge is 0.119 e. The van der Waals surface area contributed by atoms with Crippen molar-refractivity contribution in [2.75, 3.05) is 20.7 Å². The predicted molar refractivity (Wildman–Crippen MR) is 72.2 cm³/mol. The fourth-order valence-corrected chi connectivity index (χ4v) is 2.12. The van der Waals surface area contributed by atoms with E-state index in [-0.39, 0.29) is 0 Å². The molecule has 0 heterocycles. The van der Waals surface area contributed by atoms with E-state index in [2.05, 4.69) is 31.0 Å². The van der Waals surface area contributed by atoms with Crippen molar-refractivity contribution in [3.8, 4) is 5.75 Å². The van der Waals surface area contributed by atoms with Gasteiger partial charge in [-0.3, -0.25) is 4.90 Å². The van der Waals surface area contributed by atoms with E-state index >= 15 is 0 Å². The molecule has 1 aromatic carbocycles. The summed E-state index contributed by atoms with van der Waals surface area (Å²) in [5.74, 6) is 0.919. The first-order chi connectivity index (χ1) is 8.21. The van der Waals surface area contributed by atoms with Gasteiger partial charge < -0.3 is 10.5 Å². The van der Waals surface area contributed by atoms with E-state index in [0.717, 1.165) is 31.7 Å². The highest BCUT2D eigenvalue weighted by Gasteiger charge is 2.12. The molecule has 17 heavy (non-hydrogen) atoms. The summed E-state index contributed by atoms with van der Waals surface area (Å²) in [5, 5.41) is 0. The average Bonchev–Trinajstić information content (AvgIpc) is 2.36. The first-order valence-corrected chi connectivity index (χ1v) is 6.24. The maximum Gasteiger partial charge on any atom is 0.119 e. The van der Waals surface area contributed by atoms with Crippen molar-refractivity contribution >= 4 is 0 Å². The molecule has 3 nitrogen and oxygen atoms in total. The molecule has 3 heteroatoms. The number of nitrogens with zero attached hydrogens (tertiary/aromatic N) is 1. The summed E-state index contributed by atoms with van der Waals surface area (Å²) < 4.78 is 5.23. The van der Waals surface area contributed by atoms with Gasteiger partial charge in [0.2, 0.25) is 0 Å². The lowest BCUT2D eigenvalue weighted by molar-refractivity contribution is 0.218. The van der Waals surface area contributed by atoms with Gasteiger partial charge in [-0.25, -0.2) is 0 Å². The van der Waals surface area contributed by atoms with Crippen molar-refractivity contribution in [3.05, 3.63) is 29.8 Å². The van der Waals surface area contributed by atoms with Gasteiger partial charge in [-0.2, -0.15) is 0 Å². The van der Waals surface area contributed by atoms with Crippen molar-refractivity contribution in [1.29, 1.82) is 0 Å². The monoisotopic (exact) mass is 236 g/mol. The van der Waals surface area contributed by atoms with E-state index in [1.807, 2.05) is 12.1 Å². The van der Waals surface area contributed by atoms with Crippen molar-refractivity contribution in [2.45, 2.75) is 32.4 Å². The van der Waals surface area contributed by atoms with Crippen LogP contribution in [0.15, 0.2) is 24.3 Å². The van der Waals surface area contributed by atoms with E-state index in [1.54, 1.807) is 7.11 Å². The van der Waals surface area contributed by atoms with Crippen LogP contribution in [0.25, 0.3) is 0 Å². The van der Waals surface area contributed by atoms with Crippen LogP contribution in [0.1, 0.15) is 25.3 Å². The van der Waals surface area contributed by atoms with Crippen LogP contribution in [0.3, 0.4) is 0 Å². The molecule has 0 aliphatic heterocycles.